The van der Waals surface area contributed by atoms with Gasteiger partial charge in [-0.15, -0.1) is 0 Å². The molecule has 88 valence electrons. The molecule has 0 fully saturated rings. The van der Waals surface area contributed by atoms with Gasteiger partial charge in [0.1, 0.15) is 11.6 Å². The first-order valence-corrected chi connectivity index (χ1v) is 5.94. The Morgan fingerprint density at radius 1 is 1.35 bits per heavy atom. The van der Waals surface area contributed by atoms with E-state index in [4.69, 9.17) is 11.6 Å². The summed E-state index contributed by atoms with van der Waals surface area (Å²) in [6.07, 6.45) is 1.60. The number of anilines is 1. The maximum atomic E-state index is 13.2. The molecule has 6 heteroatoms. The quantitative estimate of drug-likeness (QED) is 0.917. The summed E-state index contributed by atoms with van der Waals surface area (Å²) in [4.78, 5) is 8.36. The third kappa shape index (κ3) is 2.73. The molecule has 0 saturated heterocycles. The third-order valence-corrected chi connectivity index (χ3v) is 2.90. The molecular weight excluding hydrogens is 308 g/mol. The van der Waals surface area contributed by atoms with Crippen LogP contribution in [0.1, 0.15) is 0 Å². The van der Waals surface area contributed by atoms with Crippen molar-refractivity contribution in [3.8, 4) is 11.4 Å². The van der Waals surface area contributed by atoms with E-state index in [2.05, 4.69) is 31.2 Å². The highest BCUT2D eigenvalue weighted by molar-refractivity contribution is 9.10. The minimum atomic E-state index is -0.412. The number of halogens is 3. The molecule has 1 aromatic carbocycles. The van der Waals surface area contributed by atoms with E-state index in [0.717, 1.165) is 4.47 Å². The molecule has 0 spiro atoms. The Labute approximate surface area is 111 Å². The number of hydrogen-bond acceptors (Lipinski definition) is 3. The van der Waals surface area contributed by atoms with Crippen LogP contribution in [0, 0.1) is 5.82 Å². The van der Waals surface area contributed by atoms with Gasteiger partial charge in [0.2, 0.25) is 0 Å². The van der Waals surface area contributed by atoms with Crippen LogP contribution < -0.4 is 5.32 Å². The van der Waals surface area contributed by atoms with Crippen molar-refractivity contribution in [1.82, 2.24) is 9.97 Å². The number of nitrogens with zero attached hydrogens (tertiary/aromatic N) is 2. The minimum Gasteiger partial charge on any atom is -0.372 e. The summed E-state index contributed by atoms with van der Waals surface area (Å²) in [5.74, 6) is 0.638. The van der Waals surface area contributed by atoms with Crippen LogP contribution in [0.15, 0.2) is 28.9 Å². The SMILES string of the molecule is CNc1nc(-c2cc(F)cc(Cl)c2)ncc1Br. The Kier molecular flexibility index (Phi) is 3.59. The maximum Gasteiger partial charge on any atom is 0.161 e. The third-order valence-electron chi connectivity index (χ3n) is 2.10. The summed E-state index contributed by atoms with van der Waals surface area (Å²) >= 11 is 9.09. The van der Waals surface area contributed by atoms with E-state index in [9.17, 15) is 4.39 Å². The molecule has 1 N–H and O–H groups in total. The average Bonchev–Trinajstić information content (AvgIpc) is 2.28. The molecule has 2 rings (SSSR count). The molecule has 0 bridgehead atoms. The molecule has 3 nitrogen and oxygen atoms in total. The lowest BCUT2D eigenvalue weighted by atomic mass is 10.2. The van der Waals surface area contributed by atoms with E-state index in [1.807, 2.05) is 0 Å². The standard InChI is InChI=1S/C11H8BrClFN3/c1-15-11-9(12)5-16-10(17-11)6-2-7(13)4-8(14)3-6/h2-5H,1H3,(H,15,16,17). The first kappa shape index (κ1) is 12.3. The highest BCUT2D eigenvalue weighted by Gasteiger charge is 2.08. The van der Waals surface area contributed by atoms with Crippen molar-refractivity contribution in [2.75, 3.05) is 12.4 Å². The summed E-state index contributed by atoms with van der Waals surface area (Å²) in [6, 6.07) is 4.20. The first-order chi connectivity index (χ1) is 8.10. The van der Waals surface area contributed by atoms with Crippen LogP contribution in [0.5, 0.6) is 0 Å². The zero-order valence-corrected chi connectivity index (χ0v) is 11.2. The largest absolute Gasteiger partial charge is 0.372 e. The number of aromatic nitrogens is 2. The van der Waals surface area contributed by atoms with Gasteiger partial charge >= 0.3 is 0 Å². The van der Waals surface area contributed by atoms with E-state index < -0.39 is 5.82 Å². The summed E-state index contributed by atoms with van der Waals surface area (Å²) in [5.41, 5.74) is 0.541. The molecule has 0 radical (unpaired) electrons. The highest BCUT2D eigenvalue weighted by atomic mass is 79.9. The summed E-state index contributed by atoms with van der Waals surface area (Å²) in [5, 5.41) is 3.23. The number of hydrogen-bond donors (Lipinski definition) is 1. The molecule has 0 unspecified atom stereocenters. The fourth-order valence-corrected chi connectivity index (χ4v) is 1.98. The van der Waals surface area contributed by atoms with Gasteiger partial charge in [0.25, 0.3) is 0 Å². The Morgan fingerprint density at radius 2 is 2.12 bits per heavy atom. The van der Waals surface area contributed by atoms with Gasteiger partial charge in [-0.05, 0) is 34.1 Å². The molecule has 0 aliphatic heterocycles. The molecular formula is C11H8BrClFN3. The van der Waals surface area contributed by atoms with Gasteiger partial charge in [-0.3, -0.25) is 0 Å². The first-order valence-electron chi connectivity index (χ1n) is 4.77. The highest BCUT2D eigenvalue weighted by Crippen LogP contribution is 2.25. The second-order valence-corrected chi connectivity index (χ2v) is 4.59. The predicted molar refractivity (Wildman–Crippen MR) is 69.7 cm³/mol. The van der Waals surface area contributed by atoms with Gasteiger partial charge in [-0.25, -0.2) is 14.4 Å². The lowest BCUT2D eigenvalue weighted by molar-refractivity contribution is 0.628. The topological polar surface area (TPSA) is 37.8 Å². The van der Waals surface area contributed by atoms with Gasteiger partial charge in [-0.1, -0.05) is 11.6 Å². The van der Waals surface area contributed by atoms with Crippen molar-refractivity contribution >= 4 is 33.3 Å². The molecule has 0 atom stereocenters. The van der Waals surface area contributed by atoms with E-state index >= 15 is 0 Å². The minimum absolute atomic E-state index is 0.317. The Morgan fingerprint density at radius 3 is 2.76 bits per heavy atom. The normalized spacial score (nSPS) is 10.4. The van der Waals surface area contributed by atoms with E-state index in [1.54, 1.807) is 19.3 Å². The van der Waals surface area contributed by atoms with Crippen molar-refractivity contribution in [2.24, 2.45) is 0 Å². The van der Waals surface area contributed by atoms with Gasteiger partial charge in [0.05, 0.1) is 4.47 Å². The number of rotatable bonds is 2. The molecule has 17 heavy (non-hydrogen) atoms. The molecule has 2 aromatic rings. The summed E-state index contributed by atoms with van der Waals surface area (Å²) in [7, 11) is 1.75. The lowest BCUT2D eigenvalue weighted by Gasteiger charge is -2.06. The molecule has 0 saturated carbocycles. The van der Waals surface area contributed by atoms with Crippen molar-refractivity contribution in [3.63, 3.8) is 0 Å². The van der Waals surface area contributed by atoms with Gasteiger partial charge in [0, 0.05) is 23.8 Å². The number of nitrogens with one attached hydrogen (secondary N) is 1. The van der Waals surface area contributed by atoms with Crippen LogP contribution >= 0.6 is 27.5 Å². The maximum absolute atomic E-state index is 13.2. The Bertz CT molecular complexity index is 542. The summed E-state index contributed by atoms with van der Waals surface area (Å²) < 4.78 is 14.0. The smallest absolute Gasteiger partial charge is 0.161 e. The Hall–Kier alpha value is -1.20. The van der Waals surface area contributed by atoms with Gasteiger partial charge < -0.3 is 5.32 Å². The molecule has 0 aliphatic carbocycles. The second-order valence-electron chi connectivity index (χ2n) is 3.30. The number of benzene rings is 1. The Balaban J connectivity index is 2.52. The zero-order valence-electron chi connectivity index (χ0n) is 8.84. The molecule has 0 aliphatic rings. The summed E-state index contributed by atoms with van der Waals surface area (Å²) in [6.45, 7) is 0. The van der Waals surface area contributed by atoms with Crippen molar-refractivity contribution in [3.05, 3.63) is 39.7 Å². The lowest BCUT2D eigenvalue weighted by Crippen LogP contribution is -1.97. The van der Waals surface area contributed by atoms with E-state index in [-0.39, 0.29) is 0 Å². The predicted octanol–water partition coefficient (Wildman–Crippen LogP) is 3.74. The van der Waals surface area contributed by atoms with Crippen molar-refractivity contribution < 1.29 is 4.39 Å². The van der Waals surface area contributed by atoms with Crippen molar-refractivity contribution in [2.45, 2.75) is 0 Å². The zero-order chi connectivity index (χ0) is 12.4. The van der Waals surface area contributed by atoms with Crippen LogP contribution in [-0.2, 0) is 0 Å². The van der Waals surface area contributed by atoms with Gasteiger partial charge in [0.15, 0.2) is 5.82 Å². The van der Waals surface area contributed by atoms with Crippen LogP contribution in [0.4, 0.5) is 10.2 Å². The second kappa shape index (κ2) is 4.98. The average molecular weight is 317 g/mol. The molecule has 1 heterocycles. The van der Waals surface area contributed by atoms with Crippen LogP contribution in [0.2, 0.25) is 5.02 Å². The monoisotopic (exact) mass is 315 g/mol. The fraction of sp³-hybridized carbons (Fsp3) is 0.0909. The molecule has 1 aromatic heterocycles. The van der Waals surface area contributed by atoms with Gasteiger partial charge in [-0.2, -0.15) is 0 Å². The van der Waals surface area contributed by atoms with Crippen LogP contribution in [0.3, 0.4) is 0 Å². The van der Waals surface area contributed by atoms with Crippen LogP contribution in [-0.4, -0.2) is 17.0 Å². The fourth-order valence-electron chi connectivity index (χ4n) is 1.36. The van der Waals surface area contributed by atoms with E-state index in [0.29, 0.717) is 22.2 Å². The molecule has 0 amide bonds. The van der Waals surface area contributed by atoms with E-state index in [1.165, 1.54) is 12.1 Å². The van der Waals surface area contributed by atoms with Crippen molar-refractivity contribution in [1.29, 1.82) is 0 Å². The van der Waals surface area contributed by atoms with Crippen LogP contribution in [0.25, 0.3) is 11.4 Å².